The Hall–Kier alpha value is -0.450. The van der Waals surface area contributed by atoms with Gasteiger partial charge in [-0.05, 0) is 27.8 Å². The van der Waals surface area contributed by atoms with E-state index in [9.17, 15) is 0 Å². The van der Waals surface area contributed by atoms with Gasteiger partial charge in [-0.15, -0.1) is 11.3 Å². The molecule has 2 rings (SSSR count). The second kappa shape index (κ2) is 4.20. The molecule has 3 nitrogen and oxygen atoms in total. The number of thiazole rings is 1. The van der Waals surface area contributed by atoms with E-state index >= 15 is 0 Å². The average Bonchev–Trinajstić information content (AvgIpc) is 2.41. The van der Waals surface area contributed by atoms with Crippen molar-refractivity contribution in [2.75, 3.05) is 20.1 Å². The van der Waals surface area contributed by atoms with Crippen LogP contribution in [0.3, 0.4) is 0 Å². The molecule has 1 aliphatic heterocycles. The minimum atomic E-state index is 0.432. The van der Waals surface area contributed by atoms with Gasteiger partial charge in [0, 0.05) is 24.0 Å². The van der Waals surface area contributed by atoms with Crippen LogP contribution in [0.1, 0.15) is 28.5 Å². The molecule has 1 aromatic rings. The maximum absolute atomic E-state index is 4.63. The van der Waals surface area contributed by atoms with E-state index in [4.69, 9.17) is 0 Å². The predicted octanol–water partition coefficient (Wildman–Crippen LogP) is 1.72. The van der Waals surface area contributed by atoms with Crippen LogP contribution in [0.5, 0.6) is 0 Å². The van der Waals surface area contributed by atoms with Gasteiger partial charge in [-0.25, -0.2) is 4.98 Å². The molecule has 0 spiro atoms. The quantitative estimate of drug-likeness (QED) is 0.849. The lowest BCUT2D eigenvalue weighted by atomic mass is 10.1. The molecule has 1 aromatic heterocycles. The number of aromatic nitrogens is 1. The highest BCUT2D eigenvalue weighted by atomic mass is 32.1. The zero-order chi connectivity index (χ0) is 11.0. The molecule has 1 N–H and O–H groups in total. The third-order valence-electron chi connectivity index (χ3n) is 3.28. The molecule has 0 radical (unpaired) electrons. The Morgan fingerprint density at radius 1 is 1.47 bits per heavy atom. The summed E-state index contributed by atoms with van der Waals surface area (Å²) < 4.78 is 0. The minimum absolute atomic E-state index is 0.432. The van der Waals surface area contributed by atoms with Crippen molar-refractivity contribution in [1.29, 1.82) is 0 Å². The SMILES string of the molecule is Cc1nc(C(C)N(C)C2CNC2)c(C)s1. The van der Waals surface area contributed by atoms with E-state index in [0.29, 0.717) is 12.1 Å². The maximum atomic E-state index is 4.63. The molecule has 0 aliphatic carbocycles. The zero-order valence-electron chi connectivity index (χ0n) is 9.87. The average molecular weight is 225 g/mol. The van der Waals surface area contributed by atoms with Crippen LogP contribution in [-0.2, 0) is 0 Å². The Bertz CT molecular complexity index is 344. The van der Waals surface area contributed by atoms with Crippen molar-refractivity contribution >= 4 is 11.3 Å². The highest BCUT2D eigenvalue weighted by Gasteiger charge is 2.27. The molecule has 2 heterocycles. The monoisotopic (exact) mass is 225 g/mol. The highest BCUT2D eigenvalue weighted by molar-refractivity contribution is 7.11. The van der Waals surface area contributed by atoms with Crippen molar-refractivity contribution in [3.05, 3.63) is 15.6 Å². The number of hydrogen-bond acceptors (Lipinski definition) is 4. The first-order chi connectivity index (χ1) is 7.09. The lowest BCUT2D eigenvalue weighted by molar-refractivity contribution is 0.134. The molecule has 1 unspecified atom stereocenters. The largest absolute Gasteiger partial charge is 0.314 e. The summed E-state index contributed by atoms with van der Waals surface area (Å²) in [5, 5.41) is 4.48. The molecular formula is C11H19N3S. The van der Waals surface area contributed by atoms with Gasteiger partial charge in [-0.1, -0.05) is 0 Å². The number of rotatable bonds is 3. The fourth-order valence-corrected chi connectivity index (χ4v) is 2.91. The van der Waals surface area contributed by atoms with Crippen molar-refractivity contribution in [2.45, 2.75) is 32.9 Å². The van der Waals surface area contributed by atoms with Gasteiger partial charge in [0.15, 0.2) is 0 Å². The van der Waals surface area contributed by atoms with Crippen LogP contribution in [0.4, 0.5) is 0 Å². The van der Waals surface area contributed by atoms with Gasteiger partial charge in [0.25, 0.3) is 0 Å². The van der Waals surface area contributed by atoms with Crippen LogP contribution in [-0.4, -0.2) is 36.1 Å². The molecule has 0 bridgehead atoms. The Balaban J connectivity index is 2.12. The molecule has 15 heavy (non-hydrogen) atoms. The van der Waals surface area contributed by atoms with Gasteiger partial charge in [-0.2, -0.15) is 0 Å². The van der Waals surface area contributed by atoms with Crippen molar-refractivity contribution in [1.82, 2.24) is 15.2 Å². The minimum Gasteiger partial charge on any atom is -0.314 e. The smallest absolute Gasteiger partial charge is 0.0900 e. The summed E-state index contributed by atoms with van der Waals surface area (Å²) in [6.45, 7) is 8.73. The predicted molar refractivity (Wildman–Crippen MR) is 64.4 cm³/mol. The normalized spacial score (nSPS) is 19.3. The summed E-state index contributed by atoms with van der Waals surface area (Å²) in [7, 11) is 2.20. The van der Waals surface area contributed by atoms with Gasteiger partial charge in [0.05, 0.1) is 16.7 Å². The van der Waals surface area contributed by atoms with Crippen molar-refractivity contribution < 1.29 is 0 Å². The molecule has 0 saturated carbocycles. The molecule has 1 fully saturated rings. The van der Waals surface area contributed by atoms with E-state index in [1.807, 2.05) is 0 Å². The number of nitrogens with zero attached hydrogens (tertiary/aromatic N) is 2. The van der Waals surface area contributed by atoms with Gasteiger partial charge < -0.3 is 5.32 Å². The summed E-state index contributed by atoms with van der Waals surface area (Å²) >= 11 is 1.80. The topological polar surface area (TPSA) is 28.2 Å². The molecule has 1 saturated heterocycles. The van der Waals surface area contributed by atoms with E-state index in [0.717, 1.165) is 13.1 Å². The molecule has 84 valence electrons. The van der Waals surface area contributed by atoms with E-state index < -0.39 is 0 Å². The number of hydrogen-bond donors (Lipinski definition) is 1. The first-order valence-corrected chi connectivity index (χ1v) is 6.28. The van der Waals surface area contributed by atoms with Crippen molar-refractivity contribution in [2.24, 2.45) is 0 Å². The lowest BCUT2D eigenvalue weighted by Gasteiger charge is -2.39. The third-order valence-corrected chi connectivity index (χ3v) is 4.18. The fraction of sp³-hybridized carbons (Fsp3) is 0.727. The maximum Gasteiger partial charge on any atom is 0.0900 e. The Labute approximate surface area is 95.5 Å². The van der Waals surface area contributed by atoms with Crippen LogP contribution in [0, 0.1) is 13.8 Å². The summed E-state index contributed by atoms with van der Waals surface area (Å²) in [5.41, 5.74) is 1.26. The molecule has 4 heteroatoms. The molecule has 0 amide bonds. The van der Waals surface area contributed by atoms with Gasteiger partial charge in [0.2, 0.25) is 0 Å². The second-order valence-corrected chi connectivity index (χ2v) is 5.74. The van der Waals surface area contributed by atoms with Crippen LogP contribution >= 0.6 is 11.3 Å². The number of aryl methyl sites for hydroxylation is 2. The van der Waals surface area contributed by atoms with Gasteiger partial charge >= 0.3 is 0 Å². The third kappa shape index (κ3) is 2.07. The molecule has 1 atom stereocenters. The van der Waals surface area contributed by atoms with E-state index in [1.54, 1.807) is 11.3 Å². The van der Waals surface area contributed by atoms with Crippen LogP contribution in [0.15, 0.2) is 0 Å². The van der Waals surface area contributed by atoms with Crippen LogP contribution in [0.25, 0.3) is 0 Å². The molecule has 0 aromatic carbocycles. The van der Waals surface area contributed by atoms with Gasteiger partial charge in [0.1, 0.15) is 0 Å². The first kappa shape index (κ1) is 11.0. The van der Waals surface area contributed by atoms with Crippen LogP contribution in [0.2, 0.25) is 0 Å². The van der Waals surface area contributed by atoms with Gasteiger partial charge in [-0.3, -0.25) is 4.90 Å². The van der Waals surface area contributed by atoms with E-state index in [1.165, 1.54) is 15.6 Å². The first-order valence-electron chi connectivity index (χ1n) is 5.46. The second-order valence-electron chi connectivity index (χ2n) is 4.33. The Morgan fingerprint density at radius 2 is 2.13 bits per heavy atom. The molecule has 1 aliphatic rings. The summed E-state index contributed by atoms with van der Waals surface area (Å²) in [4.78, 5) is 8.42. The Kier molecular flexibility index (Phi) is 3.09. The van der Waals surface area contributed by atoms with Crippen molar-refractivity contribution in [3.63, 3.8) is 0 Å². The summed E-state index contributed by atoms with van der Waals surface area (Å²) in [5.74, 6) is 0. The lowest BCUT2D eigenvalue weighted by Crippen LogP contribution is -2.56. The Morgan fingerprint density at radius 3 is 2.53 bits per heavy atom. The fourth-order valence-electron chi connectivity index (χ4n) is 2.00. The number of nitrogens with one attached hydrogen (secondary N) is 1. The highest BCUT2D eigenvalue weighted by Crippen LogP contribution is 2.27. The summed E-state index contributed by atoms with van der Waals surface area (Å²) in [6.07, 6.45) is 0. The number of likely N-dealkylation sites (N-methyl/N-ethyl adjacent to an activating group) is 1. The van der Waals surface area contributed by atoms with Crippen molar-refractivity contribution in [3.8, 4) is 0 Å². The van der Waals surface area contributed by atoms with Crippen LogP contribution < -0.4 is 5.32 Å². The van der Waals surface area contributed by atoms with E-state index in [2.05, 4.69) is 43.0 Å². The zero-order valence-corrected chi connectivity index (χ0v) is 10.7. The molecular weight excluding hydrogens is 206 g/mol. The summed E-state index contributed by atoms with van der Waals surface area (Å²) in [6, 6.07) is 1.11. The van der Waals surface area contributed by atoms with E-state index in [-0.39, 0.29) is 0 Å². The standard InChI is InChI=1S/C11H19N3S/c1-7(14(4)10-5-12-6-10)11-8(2)15-9(3)13-11/h7,10,12H,5-6H2,1-4H3.